The van der Waals surface area contributed by atoms with Crippen LogP contribution in [-0.4, -0.2) is 49.3 Å². The number of methoxy groups -OCH3 is 1. The molecule has 2 aromatic rings. The Bertz CT molecular complexity index is 1100. The number of primary sulfonamides is 1. The van der Waals surface area contributed by atoms with E-state index in [0.717, 1.165) is 34.4 Å². The van der Waals surface area contributed by atoms with Crippen LogP contribution in [0.4, 0.5) is 4.79 Å². The Labute approximate surface area is 173 Å². The highest BCUT2D eigenvalue weighted by atomic mass is 32.2. The fraction of sp³-hybridized carbons (Fsp3) is 0.263. The molecule has 3 rings (SSSR count). The number of sulfonamides is 1. The molecular weight excluding hydrogens is 414 g/mol. The Morgan fingerprint density at radius 1 is 1.17 bits per heavy atom. The van der Waals surface area contributed by atoms with Crippen molar-refractivity contribution in [3.05, 3.63) is 52.2 Å². The van der Waals surface area contributed by atoms with Gasteiger partial charge in [-0.15, -0.1) is 0 Å². The quantitative estimate of drug-likeness (QED) is 0.698. The lowest BCUT2D eigenvalue weighted by Gasteiger charge is -2.11. The molecule has 8 nitrogen and oxygen atoms in total. The lowest BCUT2D eigenvalue weighted by atomic mass is 10.2. The molecule has 1 aliphatic heterocycles. The first-order valence-corrected chi connectivity index (χ1v) is 11.1. The standard InChI is InChI=1S/C19H21N3O5S2/c1-12-10-14(11-17-18(23)21(8-9-27-3)19(24)28-17)13(2)22(12)15-4-6-16(7-5-15)29(20,25)26/h4-7,10-11H,8-9H2,1-3H3,(H2,20,25,26)/b17-11+. The van der Waals surface area contributed by atoms with Crippen LogP contribution in [0.5, 0.6) is 0 Å². The van der Waals surface area contributed by atoms with Gasteiger partial charge in [0.2, 0.25) is 10.0 Å². The summed E-state index contributed by atoms with van der Waals surface area (Å²) in [6.07, 6.45) is 1.70. The minimum absolute atomic E-state index is 0.0358. The van der Waals surface area contributed by atoms with Gasteiger partial charge in [0.25, 0.3) is 11.1 Å². The van der Waals surface area contributed by atoms with Crippen LogP contribution >= 0.6 is 11.8 Å². The van der Waals surface area contributed by atoms with Crippen LogP contribution in [0.1, 0.15) is 17.0 Å². The van der Waals surface area contributed by atoms with Gasteiger partial charge in [0.15, 0.2) is 0 Å². The first-order chi connectivity index (χ1) is 13.6. The van der Waals surface area contributed by atoms with Crippen LogP contribution < -0.4 is 5.14 Å². The topological polar surface area (TPSA) is 112 Å². The van der Waals surface area contributed by atoms with Gasteiger partial charge in [-0.3, -0.25) is 14.5 Å². The van der Waals surface area contributed by atoms with E-state index in [1.165, 1.54) is 24.1 Å². The maximum absolute atomic E-state index is 12.5. The van der Waals surface area contributed by atoms with Crippen LogP contribution in [-0.2, 0) is 19.6 Å². The van der Waals surface area contributed by atoms with Crippen molar-refractivity contribution in [1.82, 2.24) is 9.47 Å². The summed E-state index contributed by atoms with van der Waals surface area (Å²) in [5, 5.41) is 4.84. The number of hydrogen-bond donors (Lipinski definition) is 1. The van der Waals surface area contributed by atoms with E-state index in [2.05, 4.69) is 0 Å². The summed E-state index contributed by atoms with van der Waals surface area (Å²) in [5.41, 5.74) is 3.32. The lowest BCUT2D eigenvalue weighted by Crippen LogP contribution is -2.31. The molecule has 10 heteroatoms. The normalized spacial score (nSPS) is 16.3. The molecule has 0 atom stereocenters. The number of amides is 2. The summed E-state index contributed by atoms with van der Waals surface area (Å²) in [6.45, 7) is 4.30. The Kier molecular flexibility index (Phi) is 5.99. The number of ether oxygens (including phenoxy) is 1. The molecule has 2 amide bonds. The molecule has 0 radical (unpaired) electrons. The van der Waals surface area contributed by atoms with Crippen molar-refractivity contribution in [2.24, 2.45) is 5.14 Å². The number of imide groups is 1. The summed E-state index contributed by atoms with van der Waals surface area (Å²) in [6, 6.07) is 8.14. The highest BCUT2D eigenvalue weighted by Crippen LogP contribution is 2.33. The molecule has 1 aromatic heterocycles. The Balaban J connectivity index is 1.93. The molecule has 0 bridgehead atoms. The zero-order valence-corrected chi connectivity index (χ0v) is 17.8. The lowest BCUT2D eigenvalue weighted by molar-refractivity contribution is -0.123. The number of rotatable bonds is 6. The van der Waals surface area contributed by atoms with Gasteiger partial charge in [0.05, 0.1) is 23.0 Å². The molecule has 2 N–H and O–H groups in total. The number of carbonyl (C=O) groups excluding carboxylic acids is 2. The Hall–Kier alpha value is -2.40. The van der Waals surface area contributed by atoms with Crippen LogP contribution in [0.2, 0.25) is 0 Å². The van der Waals surface area contributed by atoms with Crippen molar-refractivity contribution in [1.29, 1.82) is 0 Å². The highest BCUT2D eigenvalue weighted by molar-refractivity contribution is 8.18. The SMILES string of the molecule is COCCN1C(=O)S/C(=C/c2cc(C)n(-c3ccc(S(N)(=O)=O)cc3)c2C)C1=O. The summed E-state index contributed by atoms with van der Waals surface area (Å²) in [7, 11) is -2.25. The molecule has 29 heavy (non-hydrogen) atoms. The number of aromatic nitrogens is 1. The van der Waals surface area contributed by atoms with Gasteiger partial charge in [-0.05, 0) is 67.6 Å². The molecule has 0 aliphatic carbocycles. The van der Waals surface area contributed by atoms with Gasteiger partial charge in [-0.1, -0.05) is 0 Å². The maximum atomic E-state index is 12.5. The van der Waals surface area contributed by atoms with Crippen LogP contribution in [0.25, 0.3) is 11.8 Å². The van der Waals surface area contributed by atoms with Crippen LogP contribution in [0, 0.1) is 13.8 Å². The van der Waals surface area contributed by atoms with Crippen molar-refractivity contribution >= 4 is 39.0 Å². The predicted octanol–water partition coefficient (Wildman–Crippen LogP) is 2.42. The molecular formula is C19H21N3O5S2. The van der Waals surface area contributed by atoms with Crippen molar-refractivity contribution in [2.45, 2.75) is 18.7 Å². The van der Waals surface area contributed by atoms with E-state index in [4.69, 9.17) is 9.88 Å². The fourth-order valence-corrected chi connectivity index (χ4v) is 4.50. The molecule has 1 aromatic carbocycles. The molecule has 154 valence electrons. The number of carbonyl (C=O) groups is 2. The average Bonchev–Trinajstić information content (AvgIpc) is 3.08. The van der Waals surface area contributed by atoms with Crippen molar-refractivity contribution in [2.75, 3.05) is 20.3 Å². The number of benzene rings is 1. The van der Waals surface area contributed by atoms with E-state index in [-0.39, 0.29) is 29.2 Å². The zero-order valence-electron chi connectivity index (χ0n) is 16.2. The molecule has 1 fully saturated rings. The van der Waals surface area contributed by atoms with E-state index >= 15 is 0 Å². The third-order valence-corrected chi connectivity index (χ3v) is 6.41. The summed E-state index contributed by atoms with van der Waals surface area (Å²) < 4.78 is 29.8. The first kappa shape index (κ1) is 21.3. The van der Waals surface area contributed by atoms with E-state index in [1.807, 2.05) is 24.5 Å². The van der Waals surface area contributed by atoms with E-state index in [1.54, 1.807) is 18.2 Å². The fourth-order valence-electron chi connectivity index (χ4n) is 3.13. The van der Waals surface area contributed by atoms with Gasteiger partial charge in [0.1, 0.15) is 0 Å². The predicted molar refractivity (Wildman–Crippen MR) is 111 cm³/mol. The second-order valence-corrected chi connectivity index (χ2v) is 9.08. The third-order valence-electron chi connectivity index (χ3n) is 4.57. The van der Waals surface area contributed by atoms with Crippen molar-refractivity contribution < 1.29 is 22.7 Å². The molecule has 1 aliphatic rings. The number of nitrogens with two attached hydrogens (primary N) is 1. The van der Waals surface area contributed by atoms with Crippen LogP contribution in [0.3, 0.4) is 0 Å². The minimum atomic E-state index is -3.76. The number of nitrogens with zero attached hydrogens (tertiary/aromatic N) is 2. The average molecular weight is 436 g/mol. The first-order valence-electron chi connectivity index (χ1n) is 8.70. The number of thioether (sulfide) groups is 1. The monoisotopic (exact) mass is 435 g/mol. The summed E-state index contributed by atoms with van der Waals surface area (Å²) in [4.78, 5) is 26.2. The van der Waals surface area contributed by atoms with Gasteiger partial charge in [-0.25, -0.2) is 13.6 Å². The molecule has 1 saturated heterocycles. The van der Waals surface area contributed by atoms with E-state index < -0.39 is 10.0 Å². The number of hydrogen-bond acceptors (Lipinski definition) is 6. The summed E-state index contributed by atoms with van der Waals surface area (Å²) >= 11 is 0.905. The maximum Gasteiger partial charge on any atom is 0.293 e. The molecule has 0 unspecified atom stereocenters. The second kappa shape index (κ2) is 8.15. The largest absolute Gasteiger partial charge is 0.383 e. The van der Waals surface area contributed by atoms with Gasteiger partial charge in [-0.2, -0.15) is 0 Å². The smallest absolute Gasteiger partial charge is 0.293 e. The second-order valence-electron chi connectivity index (χ2n) is 6.53. The van der Waals surface area contributed by atoms with Crippen LogP contribution in [0.15, 0.2) is 40.1 Å². The summed E-state index contributed by atoms with van der Waals surface area (Å²) in [5.74, 6) is -0.334. The molecule has 0 spiro atoms. The Morgan fingerprint density at radius 3 is 2.41 bits per heavy atom. The van der Waals surface area contributed by atoms with Gasteiger partial charge >= 0.3 is 0 Å². The molecule has 0 saturated carbocycles. The number of aryl methyl sites for hydroxylation is 1. The third kappa shape index (κ3) is 4.30. The zero-order chi connectivity index (χ0) is 21.3. The van der Waals surface area contributed by atoms with E-state index in [0.29, 0.717) is 4.91 Å². The van der Waals surface area contributed by atoms with Gasteiger partial charge < -0.3 is 9.30 Å². The molecule has 2 heterocycles. The Morgan fingerprint density at radius 2 is 1.83 bits per heavy atom. The van der Waals surface area contributed by atoms with Gasteiger partial charge in [0, 0.05) is 24.2 Å². The van der Waals surface area contributed by atoms with Crippen molar-refractivity contribution in [3.63, 3.8) is 0 Å². The highest BCUT2D eigenvalue weighted by Gasteiger charge is 2.34. The minimum Gasteiger partial charge on any atom is -0.383 e. The van der Waals surface area contributed by atoms with Crippen molar-refractivity contribution in [3.8, 4) is 5.69 Å². The van der Waals surface area contributed by atoms with E-state index in [9.17, 15) is 18.0 Å².